The molecule has 2 rings (SSSR count). The van der Waals surface area contributed by atoms with Crippen molar-refractivity contribution in [2.45, 2.75) is 32.7 Å². The number of nitrogens with one attached hydrogen (secondary N) is 1. The Kier molecular flexibility index (Phi) is 6.07. The van der Waals surface area contributed by atoms with Crippen LogP contribution in [-0.4, -0.2) is 56.0 Å². The first kappa shape index (κ1) is 18.8. The van der Waals surface area contributed by atoms with Crippen LogP contribution in [0.2, 0.25) is 0 Å². The summed E-state index contributed by atoms with van der Waals surface area (Å²) in [6.07, 6.45) is 0.361. The van der Waals surface area contributed by atoms with Crippen LogP contribution < -0.4 is 17.0 Å². The highest BCUT2D eigenvalue weighted by Crippen LogP contribution is 2.07. The third-order valence-electron chi connectivity index (χ3n) is 3.44. The van der Waals surface area contributed by atoms with Crippen molar-refractivity contribution < 1.29 is 19.4 Å². The largest absolute Gasteiger partial charge is 0.462 e. The van der Waals surface area contributed by atoms with Crippen LogP contribution in [0.3, 0.4) is 0 Å². The molecular weight excluding hydrogens is 332 g/mol. The summed E-state index contributed by atoms with van der Waals surface area (Å²) in [6, 6.07) is -0.736. The molecule has 0 aromatic carbocycles. The minimum absolute atomic E-state index is 0.0110. The highest BCUT2D eigenvalue weighted by molar-refractivity contribution is 5.75. The zero-order chi connectivity index (χ0) is 18.6. The van der Waals surface area contributed by atoms with E-state index in [4.69, 9.17) is 20.9 Å². The van der Waals surface area contributed by atoms with Gasteiger partial charge in [0.1, 0.15) is 25.5 Å². The Hall–Kier alpha value is -2.50. The van der Waals surface area contributed by atoms with Crippen molar-refractivity contribution >= 4 is 23.1 Å². The molecule has 0 aliphatic rings. The third kappa shape index (κ3) is 4.75. The standard InChI is InChI=1S/C14H22N6O5/c1-7(2)9(15)13(23)25-4-8(21)3-24-6-20-5-17-10-11(20)18-14(16)19-12(10)22/h5,7-9,21H,3-4,6,15H2,1-2H3,(H3,16,18,19,22)/t8-,9-/m0/s1. The third-order valence-corrected chi connectivity index (χ3v) is 3.44. The van der Waals surface area contributed by atoms with Crippen molar-refractivity contribution in [1.29, 1.82) is 0 Å². The van der Waals surface area contributed by atoms with Gasteiger partial charge in [-0.05, 0) is 5.92 Å². The number of aliphatic hydroxyl groups is 1. The molecule has 0 amide bonds. The summed E-state index contributed by atoms with van der Waals surface area (Å²) < 4.78 is 11.7. The van der Waals surface area contributed by atoms with Crippen molar-refractivity contribution in [3.63, 3.8) is 0 Å². The maximum Gasteiger partial charge on any atom is 0.323 e. The quantitative estimate of drug-likeness (QED) is 0.414. The summed E-state index contributed by atoms with van der Waals surface area (Å²) in [7, 11) is 0. The van der Waals surface area contributed by atoms with Crippen LogP contribution in [-0.2, 0) is 21.0 Å². The van der Waals surface area contributed by atoms with E-state index in [0.29, 0.717) is 0 Å². The molecule has 138 valence electrons. The molecule has 0 aliphatic heterocycles. The normalized spacial score (nSPS) is 14.0. The molecule has 0 fully saturated rings. The monoisotopic (exact) mass is 354 g/mol. The molecule has 25 heavy (non-hydrogen) atoms. The molecule has 6 N–H and O–H groups in total. The van der Waals surface area contributed by atoms with Crippen molar-refractivity contribution in [3.05, 3.63) is 16.7 Å². The number of nitrogen functional groups attached to an aromatic ring is 1. The summed E-state index contributed by atoms with van der Waals surface area (Å²) in [4.78, 5) is 33.5. The molecule has 11 nitrogen and oxygen atoms in total. The second-order valence-corrected chi connectivity index (χ2v) is 5.89. The first-order valence-electron chi connectivity index (χ1n) is 7.68. The first-order valence-corrected chi connectivity index (χ1v) is 7.68. The van der Waals surface area contributed by atoms with Crippen LogP contribution in [0, 0.1) is 5.92 Å². The van der Waals surface area contributed by atoms with Gasteiger partial charge in [0.25, 0.3) is 5.56 Å². The molecule has 0 radical (unpaired) electrons. The van der Waals surface area contributed by atoms with E-state index in [0.717, 1.165) is 0 Å². The van der Waals surface area contributed by atoms with E-state index in [1.165, 1.54) is 10.9 Å². The Morgan fingerprint density at radius 1 is 1.44 bits per heavy atom. The van der Waals surface area contributed by atoms with Gasteiger partial charge < -0.3 is 26.0 Å². The lowest BCUT2D eigenvalue weighted by Crippen LogP contribution is -2.38. The summed E-state index contributed by atoms with van der Waals surface area (Å²) in [5, 5.41) is 9.79. The SMILES string of the molecule is CC(C)[C@H](N)C(=O)OC[C@@H](O)COCn1cnc2c(=O)[nH]c(N)nc21. The average molecular weight is 354 g/mol. The van der Waals surface area contributed by atoms with Gasteiger partial charge in [0.15, 0.2) is 11.2 Å². The number of fused-ring (bicyclic) bond motifs is 1. The number of carbonyl (C=O) groups excluding carboxylic acids is 1. The number of aromatic nitrogens is 4. The predicted octanol–water partition coefficient (Wildman–Crippen LogP) is -1.44. The van der Waals surface area contributed by atoms with E-state index in [1.54, 1.807) is 13.8 Å². The molecule has 0 aliphatic carbocycles. The number of nitrogens with zero attached hydrogens (tertiary/aromatic N) is 3. The van der Waals surface area contributed by atoms with E-state index < -0.39 is 23.7 Å². The fraction of sp³-hybridized carbons (Fsp3) is 0.571. The van der Waals surface area contributed by atoms with Crippen LogP contribution in [0.1, 0.15) is 13.8 Å². The number of nitrogens with two attached hydrogens (primary N) is 2. The number of hydrogen-bond acceptors (Lipinski definition) is 9. The van der Waals surface area contributed by atoms with E-state index in [2.05, 4.69) is 15.0 Å². The number of esters is 1. The van der Waals surface area contributed by atoms with Gasteiger partial charge in [-0.3, -0.25) is 19.1 Å². The van der Waals surface area contributed by atoms with Gasteiger partial charge in [-0.15, -0.1) is 0 Å². The minimum atomic E-state index is -1.01. The van der Waals surface area contributed by atoms with E-state index in [-0.39, 0.29) is 43.0 Å². The Bertz CT molecular complexity index is 786. The number of aliphatic hydroxyl groups excluding tert-OH is 1. The zero-order valence-corrected chi connectivity index (χ0v) is 14.0. The number of ether oxygens (including phenoxy) is 2. The van der Waals surface area contributed by atoms with E-state index in [9.17, 15) is 14.7 Å². The van der Waals surface area contributed by atoms with Crippen molar-refractivity contribution in [2.24, 2.45) is 11.7 Å². The van der Waals surface area contributed by atoms with Crippen molar-refractivity contribution in [2.75, 3.05) is 18.9 Å². The Labute approximate surface area is 142 Å². The second-order valence-electron chi connectivity index (χ2n) is 5.89. The van der Waals surface area contributed by atoms with Crippen LogP contribution in [0.5, 0.6) is 0 Å². The number of carbonyl (C=O) groups is 1. The van der Waals surface area contributed by atoms with Gasteiger partial charge in [0.2, 0.25) is 5.95 Å². The number of aromatic amines is 1. The smallest absolute Gasteiger partial charge is 0.323 e. The molecule has 2 aromatic rings. The van der Waals surface area contributed by atoms with E-state index in [1.807, 2.05) is 0 Å². The summed E-state index contributed by atoms with van der Waals surface area (Å²) in [5.74, 6) is -0.667. The topological polar surface area (TPSA) is 171 Å². The number of H-pyrrole nitrogens is 1. The maximum atomic E-state index is 11.7. The highest BCUT2D eigenvalue weighted by Gasteiger charge is 2.20. The molecule has 0 unspecified atom stereocenters. The lowest BCUT2D eigenvalue weighted by Gasteiger charge is -2.16. The van der Waals surface area contributed by atoms with Crippen molar-refractivity contribution in [3.8, 4) is 0 Å². The lowest BCUT2D eigenvalue weighted by molar-refractivity contribution is -0.150. The van der Waals surface area contributed by atoms with Crippen molar-refractivity contribution in [1.82, 2.24) is 19.5 Å². The molecule has 2 heterocycles. The fourth-order valence-corrected chi connectivity index (χ4v) is 1.95. The molecule has 11 heteroatoms. The van der Waals surface area contributed by atoms with Gasteiger partial charge in [0, 0.05) is 0 Å². The molecular formula is C14H22N6O5. The zero-order valence-electron chi connectivity index (χ0n) is 14.0. The predicted molar refractivity (Wildman–Crippen MR) is 88.3 cm³/mol. The summed E-state index contributed by atoms with van der Waals surface area (Å²) >= 11 is 0. The molecule has 0 saturated carbocycles. The van der Waals surface area contributed by atoms with Gasteiger partial charge >= 0.3 is 5.97 Å². The first-order chi connectivity index (χ1) is 11.8. The number of imidazole rings is 1. The molecule has 2 aromatic heterocycles. The van der Waals surface area contributed by atoms with Gasteiger partial charge in [0.05, 0.1) is 12.9 Å². The molecule has 2 atom stereocenters. The van der Waals surface area contributed by atoms with Crippen LogP contribution in [0.15, 0.2) is 11.1 Å². The summed E-state index contributed by atoms with van der Waals surface area (Å²) in [6.45, 7) is 3.26. The average Bonchev–Trinajstić information content (AvgIpc) is 2.95. The van der Waals surface area contributed by atoms with Gasteiger partial charge in [-0.2, -0.15) is 4.98 Å². The Morgan fingerprint density at radius 2 is 2.16 bits per heavy atom. The lowest BCUT2D eigenvalue weighted by atomic mass is 10.1. The minimum Gasteiger partial charge on any atom is -0.462 e. The number of anilines is 1. The maximum absolute atomic E-state index is 11.7. The van der Waals surface area contributed by atoms with Crippen LogP contribution >= 0.6 is 0 Å². The van der Waals surface area contributed by atoms with Crippen LogP contribution in [0.4, 0.5) is 5.95 Å². The summed E-state index contributed by atoms with van der Waals surface area (Å²) in [5.41, 5.74) is 11.1. The number of rotatable bonds is 8. The molecule has 0 bridgehead atoms. The molecule has 0 spiro atoms. The van der Waals surface area contributed by atoms with Crippen LogP contribution in [0.25, 0.3) is 11.2 Å². The molecule has 0 saturated heterocycles. The number of hydrogen-bond donors (Lipinski definition) is 4. The fourth-order valence-electron chi connectivity index (χ4n) is 1.95. The highest BCUT2D eigenvalue weighted by atomic mass is 16.6. The Morgan fingerprint density at radius 3 is 2.84 bits per heavy atom. The van der Waals surface area contributed by atoms with Gasteiger partial charge in [-0.25, -0.2) is 4.98 Å². The van der Waals surface area contributed by atoms with Gasteiger partial charge in [-0.1, -0.05) is 13.8 Å². The van der Waals surface area contributed by atoms with E-state index >= 15 is 0 Å². The Balaban J connectivity index is 1.83. The second kappa shape index (κ2) is 8.05.